The second-order valence-electron chi connectivity index (χ2n) is 21.7. The zero-order valence-electron chi connectivity index (χ0n) is 48.4. The first-order valence-corrected chi connectivity index (χ1v) is 31.0. The summed E-state index contributed by atoms with van der Waals surface area (Å²) in [5.74, 6) is -5.33. The molecule has 0 aliphatic carbocycles. The monoisotopic (exact) mass is 1110 g/mol. The summed E-state index contributed by atoms with van der Waals surface area (Å²) in [5.41, 5.74) is 17.7. The minimum atomic E-state index is -1.21. The Labute approximate surface area is 472 Å². The molecule has 1 aromatic rings. The van der Waals surface area contributed by atoms with E-state index in [4.69, 9.17) is 17.2 Å². The average molecular weight is 1110 g/mol. The summed E-state index contributed by atoms with van der Waals surface area (Å²) in [4.78, 5) is 122. The molecule has 0 bridgehead atoms. The van der Waals surface area contributed by atoms with Crippen LogP contribution in [0.5, 0.6) is 5.75 Å². The van der Waals surface area contributed by atoms with Crippen LogP contribution < -0.4 is 38.5 Å². The summed E-state index contributed by atoms with van der Waals surface area (Å²) in [6, 6.07) is 2.27. The Hall–Kier alpha value is -4.68. The van der Waals surface area contributed by atoms with Gasteiger partial charge in [0.1, 0.15) is 5.75 Å². The molecule has 18 heteroatoms. The number of hydrogen-bond acceptors (Lipinski definition) is 13. The van der Waals surface area contributed by atoms with E-state index in [9.17, 15) is 48.3 Å². The van der Waals surface area contributed by atoms with Crippen LogP contribution in [0.4, 0.5) is 0 Å². The van der Waals surface area contributed by atoms with E-state index in [0.717, 1.165) is 25.7 Å². The van der Waals surface area contributed by atoms with Crippen molar-refractivity contribution in [3.8, 4) is 5.75 Å². The number of phenols is 1. The van der Waals surface area contributed by atoms with Gasteiger partial charge in [-0.05, 0) is 113 Å². The topological polar surface area (TPSA) is 300 Å². The lowest BCUT2D eigenvalue weighted by Crippen LogP contribution is -2.48. The first kappa shape index (κ1) is 71.3. The van der Waals surface area contributed by atoms with Crippen LogP contribution in [0.1, 0.15) is 219 Å². The molecule has 11 N–H and O–H groups in total. The molecule has 444 valence electrons. The first-order valence-electron chi connectivity index (χ1n) is 29.6. The Morgan fingerprint density at radius 3 is 1.53 bits per heavy atom. The number of carbonyl (C=O) groups excluding carboxylic acids is 9. The molecule has 0 heterocycles. The van der Waals surface area contributed by atoms with E-state index in [0.29, 0.717) is 75.8 Å². The van der Waals surface area contributed by atoms with Gasteiger partial charge >= 0.3 is 0 Å². The number of carbonyl (C=O) groups is 9. The molecule has 0 saturated heterocycles. The van der Waals surface area contributed by atoms with E-state index in [-0.39, 0.29) is 80.5 Å². The number of Topliss-reactive ketones (excluding diaryl/α,β-unsaturated/α-hetero) is 4. The zero-order valence-corrected chi connectivity index (χ0v) is 49.3. The molecule has 0 aromatic heterocycles. The maximum atomic E-state index is 14.4. The average Bonchev–Trinajstić information content (AvgIpc) is 3.40. The molecule has 0 radical (unpaired) electrons. The summed E-state index contributed by atoms with van der Waals surface area (Å²) in [6.07, 6.45) is 19.8. The highest BCUT2D eigenvalue weighted by Crippen LogP contribution is 2.22. The maximum absolute atomic E-state index is 14.4. The minimum Gasteiger partial charge on any atom is -0.508 e. The normalized spacial score (nSPS) is 13.6. The molecule has 0 spiro atoms. The van der Waals surface area contributed by atoms with Crippen molar-refractivity contribution in [3.63, 3.8) is 0 Å². The smallest absolute Gasteiger partial charge is 0.224 e. The quantitative estimate of drug-likeness (QED) is 0.0286. The molecule has 0 saturated carbocycles. The highest BCUT2D eigenvalue weighted by Gasteiger charge is 2.34. The summed E-state index contributed by atoms with van der Waals surface area (Å²) in [7, 11) is 0. The van der Waals surface area contributed by atoms with Crippen molar-refractivity contribution in [2.24, 2.45) is 35.0 Å². The van der Waals surface area contributed by atoms with Gasteiger partial charge in [0.05, 0.1) is 24.2 Å². The van der Waals surface area contributed by atoms with Gasteiger partial charge in [0.15, 0.2) is 23.1 Å². The Balaban J connectivity index is 3.21. The number of thioether (sulfide) groups is 1. The van der Waals surface area contributed by atoms with Crippen LogP contribution >= 0.6 is 11.8 Å². The van der Waals surface area contributed by atoms with E-state index in [1.165, 1.54) is 69.9 Å². The number of benzene rings is 1. The number of amides is 5. The first-order chi connectivity index (χ1) is 37.4. The SMILES string of the molecule is CCCCCCCCCCCCCCCC(=O)N[C@@H](CCSC)C(=O)CCC(=O)N[C@@H](Cc1ccc(O)cc1)C(=O)C[C@@H](CCC(N)=O)C(=O)N[C@@H](CCCCN)C(=O)C[C@@H](CCCCN)C(=O)N[C@@H](CC(C)C)C(=O)CC. The third kappa shape index (κ3) is 33.7. The zero-order chi connectivity index (χ0) is 58.1. The van der Waals surface area contributed by atoms with Gasteiger partial charge in [0, 0.05) is 56.8 Å². The number of nitrogens with two attached hydrogens (primary N) is 3. The van der Waals surface area contributed by atoms with E-state index in [2.05, 4.69) is 28.2 Å². The predicted molar refractivity (Wildman–Crippen MR) is 312 cm³/mol. The summed E-state index contributed by atoms with van der Waals surface area (Å²) >= 11 is 1.54. The molecule has 1 aromatic carbocycles. The fraction of sp³-hybridized carbons (Fsp3) is 0.750. The van der Waals surface area contributed by atoms with E-state index >= 15 is 0 Å². The standard InChI is InChI=1S/C60H103N7O10S/c1-6-8-9-10-11-12-13-14-15-16-17-18-19-26-57(74)64-49(35-38-78-5)53(70)32-34-58(75)65-51(40-44-27-30-47(68)31-28-44)55(72)42-46(29-33-56(63)73)60(77)66-48(25-21-23-37-62)54(71)41-45(24-20-22-36-61)59(76)67-50(39-43(3)4)52(69)7-2/h27-28,30-31,43,45-46,48-51,68H,6-26,29,32-42,61-62H2,1-5H3,(H2,63,73)(H,64,74)(H,65,75)(H,66,77)(H,67,76)/t45-,46-,48+,49+,50+,51+/m1/s1. The number of ketones is 4. The van der Waals surface area contributed by atoms with E-state index in [1.54, 1.807) is 30.8 Å². The van der Waals surface area contributed by atoms with Gasteiger partial charge in [-0.15, -0.1) is 0 Å². The molecule has 1 rings (SSSR count). The van der Waals surface area contributed by atoms with Gasteiger partial charge in [-0.1, -0.05) is 123 Å². The summed E-state index contributed by atoms with van der Waals surface area (Å²) < 4.78 is 0. The number of unbranched alkanes of at least 4 members (excludes halogenated alkanes) is 14. The third-order valence-corrected chi connectivity index (χ3v) is 15.0. The van der Waals surface area contributed by atoms with E-state index < -0.39 is 77.6 Å². The lowest BCUT2D eigenvalue weighted by Gasteiger charge is -2.26. The fourth-order valence-corrected chi connectivity index (χ4v) is 10.0. The molecule has 0 fully saturated rings. The van der Waals surface area contributed by atoms with Gasteiger partial charge in [-0.25, -0.2) is 0 Å². The van der Waals surface area contributed by atoms with Gasteiger partial charge in [-0.3, -0.25) is 43.2 Å². The largest absolute Gasteiger partial charge is 0.508 e. The molecule has 0 unspecified atom stereocenters. The number of primary amides is 1. The second-order valence-corrected chi connectivity index (χ2v) is 22.7. The Morgan fingerprint density at radius 2 is 1.00 bits per heavy atom. The number of aromatic hydroxyl groups is 1. The van der Waals surface area contributed by atoms with Crippen molar-refractivity contribution in [2.45, 2.75) is 244 Å². The maximum Gasteiger partial charge on any atom is 0.224 e. The number of hydrogen-bond donors (Lipinski definition) is 8. The Kier molecular flexibility index (Phi) is 40.3. The molecular weight excluding hydrogens is 1010 g/mol. The van der Waals surface area contributed by atoms with Crippen LogP contribution in [0.25, 0.3) is 0 Å². The van der Waals surface area contributed by atoms with Crippen LogP contribution in [0.2, 0.25) is 0 Å². The number of rotatable bonds is 50. The lowest BCUT2D eigenvalue weighted by molar-refractivity contribution is -0.135. The van der Waals surface area contributed by atoms with Crippen LogP contribution in [0.3, 0.4) is 0 Å². The Morgan fingerprint density at radius 1 is 0.513 bits per heavy atom. The molecule has 6 atom stereocenters. The van der Waals surface area contributed by atoms with Gasteiger partial charge in [0.2, 0.25) is 29.5 Å². The van der Waals surface area contributed by atoms with Crippen LogP contribution in [-0.2, 0) is 49.6 Å². The van der Waals surface area contributed by atoms with Crippen molar-refractivity contribution in [3.05, 3.63) is 29.8 Å². The molecule has 78 heavy (non-hydrogen) atoms. The number of phenolic OH excluding ortho intramolecular Hbond substituents is 1. The fourth-order valence-electron chi connectivity index (χ4n) is 9.56. The second kappa shape index (κ2) is 44.1. The Bertz CT molecular complexity index is 1920. The van der Waals surface area contributed by atoms with Gasteiger partial charge in [0.25, 0.3) is 0 Å². The van der Waals surface area contributed by atoms with Gasteiger partial charge in [-0.2, -0.15) is 11.8 Å². The van der Waals surface area contributed by atoms with Crippen LogP contribution in [0.15, 0.2) is 24.3 Å². The molecular formula is C60H103N7O10S. The predicted octanol–water partition coefficient (Wildman–Crippen LogP) is 8.16. The minimum absolute atomic E-state index is 0.0141. The van der Waals surface area contributed by atoms with Crippen molar-refractivity contribution in [2.75, 3.05) is 25.1 Å². The molecule has 0 aliphatic heterocycles. The third-order valence-electron chi connectivity index (χ3n) is 14.3. The van der Waals surface area contributed by atoms with Crippen molar-refractivity contribution >= 4 is 64.4 Å². The van der Waals surface area contributed by atoms with Crippen molar-refractivity contribution in [1.82, 2.24) is 21.3 Å². The van der Waals surface area contributed by atoms with E-state index in [1.807, 2.05) is 20.1 Å². The lowest BCUT2D eigenvalue weighted by atomic mass is 9.88. The molecule has 17 nitrogen and oxygen atoms in total. The summed E-state index contributed by atoms with van der Waals surface area (Å²) in [5, 5.41) is 21.4. The number of nitrogens with one attached hydrogen (secondary N) is 4. The van der Waals surface area contributed by atoms with Crippen LogP contribution in [0, 0.1) is 17.8 Å². The highest BCUT2D eigenvalue weighted by molar-refractivity contribution is 7.98. The molecule has 0 aliphatic rings. The molecule has 5 amide bonds. The highest BCUT2D eigenvalue weighted by atomic mass is 32.2. The van der Waals surface area contributed by atoms with Gasteiger partial charge < -0.3 is 43.6 Å². The summed E-state index contributed by atoms with van der Waals surface area (Å²) in [6.45, 7) is 8.58. The van der Waals surface area contributed by atoms with Crippen molar-refractivity contribution < 1.29 is 48.3 Å². The van der Waals surface area contributed by atoms with Crippen molar-refractivity contribution in [1.29, 1.82) is 0 Å². The van der Waals surface area contributed by atoms with Crippen LogP contribution in [-0.4, -0.2) is 107 Å².